The fourth-order valence-corrected chi connectivity index (χ4v) is 2.71. The van der Waals surface area contributed by atoms with Gasteiger partial charge in [0.15, 0.2) is 0 Å². The van der Waals surface area contributed by atoms with Gasteiger partial charge in [0, 0.05) is 12.6 Å². The molecule has 1 N–H and O–H groups in total. The Kier molecular flexibility index (Phi) is 5.05. The highest BCUT2D eigenvalue weighted by Crippen LogP contribution is 2.18. The first-order valence-electron chi connectivity index (χ1n) is 7.42. The summed E-state index contributed by atoms with van der Waals surface area (Å²) < 4.78 is 14.9. The van der Waals surface area contributed by atoms with Crippen LogP contribution in [0.15, 0.2) is 70.1 Å². The van der Waals surface area contributed by atoms with E-state index in [1.807, 2.05) is 30.3 Å². The quantitative estimate of drug-likeness (QED) is 0.723. The summed E-state index contributed by atoms with van der Waals surface area (Å²) in [5, 5.41) is 7.43. The van der Waals surface area contributed by atoms with Crippen LogP contribution >= 0.6 is 15.9 Å². The minimum atomic E-state index is -0.273. The molecule has 0 aliphatic carbocycles. The lowest BCUT2D eigenvalue weighted by atomic mass is 10.2. The molecule has 0 radical (unpaired) electrons. The van der Waals surface area contributed by atoms with Crippen LogP contribution in [0.4, 0.5) is 10.1 Å². The van der Waals surface area contributed by atoms with Crippen LogP contribution in [0.3, 0.4) is 0 Å². The molecule has 122 valence electrons. The number of halogens is 2. The molecule has 24 heavy (non-hydrogen) atoms. The van der Waals surface area contributed by atoms with Crippen molar-refractivity contribution in [3.8, 4) is 0 Å². The van der Waals surface area contributed by atoms with Crippen molar-refractivity contribution < 1.29 is 4.39 Å². The number of hydrogen-bond acceptors (Lipinski definition) is 3. The monoisotopic (exact) mass is 387 g/mol. The van der Waals surface area contributed by atoms with Crippen LogP contribution in [0.1, 0.15) is 11.1 Å². The first-order valence-corrected chi connectivity index (χ1v) is 8.21. The fraction of sp³-hybridized carbons (Fsp3) is 0.111. The van der Waals surface area contributed by atoms with Gasteiger partial charge in [0.05, 0.1) is 12.2 Å². The Morgan fingerprint density at radius 3 is 2.46 bits per heavy atom. The number of rotatable bonds is 5. The van der Waals surface area contributed by atoms with Crippen LogP contribution in [-0.4, -0.2) is 9.78 Å². The Labute approximate surface area is 147 Å². The van der Waals surface area contributed by atoms with Gasteiger partial charge in [-0.15, -0.1) is 0 Å². The van der Waals surface area contributed by atoms with Crippen LogP contribution in [-0.2, 0) is 13.1 Å². The largest absolute Gasteiger partial charge is 0.379 e. The fourth-order valence-electron chi connectivity index (χ4n) is 2.26. The second-order valence-corrected chi connectivity index (χ2v) is 6.06. The third-order valence-electron chi connectivity index (χ3n) is 3.52. The molecule has 3 rings (SSSR count). The van der Waals surface area contributed by atoms with Crippen molar-refractivity contribution in [1.82, 2.24) is 9.78 Å². The molecule has 1 heterocycles. The van der Waals surface area contributed by atoms with E-state index in [9.17, 15) is 9.18 Å². The molecular formula is C18H15BrFN3O. The van der Waals surface area contributed by atoms with Crippen LogP contribution in [0.2, 0.25) is 0 Å². The lowest BCUT2D eigenvalue weighted by Crippen LogP contribution is -2.24. The molecule has 0 bridgehead atoms. The molecule has 2 aromatic carbocycles. The smallest absolute Gasteiger partial charge is 0.269 e. The van der Waals surface area contributed by atoms with E-state index >= 15 is 0 Å². The van der Waals surface area contributed by atoms with Crippen molar-refractivity contribution in [3.05, 3.63) is 92.6 Å². The van der Waals surface area contributed by atoms with Gasteiger partial charge in [0.2, 0.25) is 0 Å². The zero-order valence-corrected chi connectivity index (χ0v) is 14.3. The molecule has 0 spiro atoms. The molecule has 0 saturated carbocycles. The Morgan fingerprint density at radius 2 is 1.75 bits per heavy atom. The summed E-state index contributed by atoms with van der Waals surface area (Å²) >= 11 is 3.39. The third kappa shape index (κ3) is 4.08. The maximum absolute atomic E-state index is 12.9. The molecule has 3 aromatic rings. The van der Waals surface area contributed by atoms with Crippen LogP contribution in [0.25, 0.3) is 0 Å². The van der Waals surface area contributed by atoms with Crippen molar-refractivity contribution in [1.29, 1.82) is 0 Å². The normalized spacial score (nSPS) is 10.6. The molecule has 0 fully saturated rings. The highest BCUT2D eigenvalue weighted by Gasteiger charge is 2.07. The van der Waals surface area contributed by atoms with Crippen molar-refractivity contribution in [3.63, 3.8) is 0 Å². The van der Waals surface area contributed by atoms with E-state index in [0.29, 0.717) is 23.4 Å². The Hall–Kier alpha value is -2.47. The molecule has 0 unspecified atom stereocenters. The van der Waals surface area contributed by atoms with Gasteiger partial charge in [0.1, 0.15) is 10.4 Å². The predicted octanol–water partition coefficient (Wildman–Crippen LogP) is 3.81. The summed E-state index contributed by atoms with van der Waals surface area (Å²) in [5.41, 5.74) is 2.33. The van der Waals surface area contributed by atoms with Crippen molar-refractivity contribution in [2.24, 2.45) is 0 Å². The van der Waals surface area contributed by atoms with Gasteiger partial charge in [-0.1, -0.05) is 42.5 Å². The van der Waals surface area contributed by atoms with Gasteiger partial charge >= 0.3 is 0 Å². The number of aromatic nitrogens is 2. The van der Waals surface area contributed by atoms with E-state index in [1.165, 1.54) is 22.9 Å². The number of nitrogens with one attached hydrogen (secondary N) is 1. The SMILES string of the molecule is O=c1cc(NCc2ccc(F)cc2)c(Br)nn1Cc1ccccc1. The highest BCUT2D eigenvalue weighted by atomic mass is 79.9. The third-order valence-corrected chi connectivity index (χ3v) is 4.11. The maximum atomic E-state index is 12.9. The average Bonchev–Trinajstić information content (AvgIpc) is 2.59. The van der Waals surface area contributed by atoms with Gasteiger partial charge in [-0.25, -0.2) is 9.07 Å². The lowest BCUT2D eigenvalue weighted by Gasteiger charge is -2.11. The standard InChI is InChI=1S/C18H15BrFN3O/c19-18-16(21-11-13-6-8-15(20)9-7-13)10-17(24)23(22-18)12-14-4-2-1-3-5-14/h1-10,21H,11-12H2. The summed E-state index contributed by atoms with van der Waals surface area (Å²) in [6.45, 7) is 0.888. The molecule has 0 amide bonds. The van der Waals surface area contributed by atoms with Gasteiger partial charge in [-0.3, -0.25) is 4.79 Å². The van der Waals surface area contributed by atoms with E-state index in [1.54, 1.807) is 12.1 Å². The van der Waals surface area contributed by atoms with Crippen molar-refractivity contribution in [2.45, 2.75) is 13.1 Å². The molecule has 0 atom stereocenters. The summed E-state index contributed by atoms with van der Waals surface area (Å²) in [5.74, 6) is -0.273. The summed E-state index contributed by atoms with van der Waals surface area (Å²) in [7, 11) is 0. The first kappa shape index (κ1) is 16.4. The number of nitrogens with zero attached hydrogens (tertiary/aromatic N) is 2. The van der Waals surface area contributed by atoms with Crippen LogP contribution < -0.4 is 10.9 Å². The van der Waals surface area contributed by atoms with Crippen LogP contribution in [0.5, 0.6) is 0 Å². The first-order chi connectivity index (χ1) is 11.6. The van der Waals surface area contributed by atoms with E-state index in [-0.39, 0.29) is 11.4 Å². The average molecular weight is 388 g/mol. The summed E-state index contributed by atoms with van der Waals surface area (Å²) in [4.78, 5) is 12.2. The minimum absolute atomic E-state index is 0.191. The minimum Gasteiger partial charge on any atom is -0.379 e. The Bertz CT molecular complexity index is 879. The second kappa shape index (κ2) is 7.40. The molecule has 0 aliphatic heterocycles. The Morgan fingerprint density at radius 1 is 1.04 bits per heavy atom. The van der Waals surface area contributed by atoms with E-state index in [2.05, 4.69) is 26.3 Å². The zero-order chi connectivity index (χ0) is 16.9. The maximum Gasteiger partial charge on any atom is 0.269 e. The molecule has 0 aliphatic rings. The Balaban J connectivity index is 1.74. The van der Waals surface area contributed by atoms with Crippen LogP contribution in [0, 0.1) is 5.82 Å². The van der Waals surface area contributed by atoms with Gasteiger partial charge in [0.25, 0.3) is 5.56 Å². The number of hydrogen-bond donors (Lipinski definition) is 1. The van der Waals surface area contributed by atoms with E-state index < -0.39 is 0 Å². The van der Waals surface area contributed by atoms with Gasteiger partial charge < -0.3 is 5.32 Å². The predicted molar refractivity (Wildman–Crippen MR) is 95.5 cm³/mol. The van der Waals surface area contributed by atoms with E-state index in [0.717, 1.165) is 11.1 Å². The van der Waals surface area contributed by atoms with Gasteiger partial charge in [-0.05, 0) is 39.2 Å². The number of anilines is 1. The molecule has 0 saturated heterocycles. The molecule has 6 heteroatoms. The molecule has 4 nitrogen and oxygen atoms in total. The zero-order valence-electron chi connectivity index (χ0n) is 12.7. The summed E-state index contributed by atoms with van der Waals surface area (Å²) in [6, 6.07) is 17.4. The second-order valence-electron chi connectivity index (χ2n) is 5.31. The highest BCUT2D eigenvalue weighted by molar-refractivity contribution is 9.10. The molecule has 1 aromatic heterocycles. The summed E-state index contributed by atoms with van der Waals surface area (Å²) in [6.07, 6.45) is 0. The van der Waals surface area contributed by atoms with Crippen molar-refractivity contribution in [2.75, 3.05) is 5.32 Å². The number of benzene rings is 2. The lowest BCUT2D eigenvalue weighted by molar-refractivity contribution is 0.627. The van der Waals surface area contributed by atoms with E-state index in [4.69, 9.17) is 0 Å². The van der Waals surface area contributed by atoms with Gasteiger partial charge in [-0.2, -0.15) is 5.10 Å². The van der Waals surface area contributed by atoms with Crippen molar-refractivity contribution >= 4 is 21.6 Å². The topological polar surface area (TPSA) is 46.9 Å². The molecular weight excluding hydrogens is 373 g/mol.